The van der Waals surface area contributed by atoms with Crippen LogP contribution < -0.4 is 5.32 Å². The number of ether oxygens (including phenoxy) is 1. The molecule has 1 N–H and O–H groups in total. The first-order chi connectivity index (χ1) is 12.4. The molecule has 0 saturated carbocycles. The minimum absolute atomic E-state index is 0.180. The molecule has 0 heterocycles. The number of hydrogen-bond donors (Lipinski definition) is 1. The number of aryl methyl sites for hydroxylation is 3. The zero-order valence-corrected chi connectivity index (χ0v) is 16.6. The van der Waals surface area contributed by atoms with Gasteiger partial charge in [-0.3, -0.25) is 9.59 Å². The first kappa shape index (κ1) is 18.6. The van der Waals surface area contributed by atoms with Gasteiger partial charge in [0.2, 0.25) is 0 Å². The van der Waals surface area contributed by atoms with Gasteiger partial charge in [-0.2, -0.15) is 0 Å². The van der Waals surface area contributed by atoms with Crippen molar-refractivity contribution in [3.05, 3.63) is 63.1 Å². The van der Waals surface area contributed by atoms with Gasteiger partial charge in [0.1, 0.15) is 0 Å². The van der Waals surface area contributed by atoms with E-state index in [-0.39, 0.29) is 12.3 Å². The van der Waals surface area contributed by atoms with Crippen LogP contribution in [0.1, 0.15) is 35.6 Å². The Morgan fingerprint density at radius 3 is 2.69 bits per heavy atom. The van der Waals surface area contributed by atoms with Gasteiger partial charge in [-0.15, -0.1) is 0 Å². The summed E-state index contributed by atoms with van der Waals surface area (Å²) in [6, 6.07) is 11.8. The van der Waals surface area contributed by atoms with Crippen LogP contribution in [0.5, 0.6) is 0 Å². The summed E-state index contributed by atoms with van der Waals surface area (Å²) in [6.45, 7) is 3.55. The van der Waals surface area contributed by atoms with Crippen molar-refractivity contribution in [2.45, 2.75) is 45.6 Å². The van der Waals surface area contributed by atoms with Crippen LogP contribution in [-0.2, 0) is 33.6 Å². The highest BCUT2D eigenvalue weighted by Gasteiger charge is 2.19. The third kappa shape index (κ3) is 4.52. The number of hydrogen-bond acceptors (Lipinski definition) is 3. The van der Waals surface area contributed by atoms with Crippen molar-refractivity contribution >= 4 is 33.5 Å². The molecule has 1 atom stereocenters. The van der Waals surface area contributed by atoms with Crippen molar-refractivity contribution in [1.29, 1.82) is 0 Å². The van der Waals surface area contributed by atoms with E-state index in [0.29, 0.717) is 5.69 Å². The van der Waals surface area contributed by atoms with E-state index < -0.39 is 12.1 Å². The van der Waals surface area contributed by atoms with Crippen LogP contribution in [0.4, 0.5) is 5.69 Å². The quantitative estimate of drug-likeness (QED) is 0.737. The zero-order valence-electron chi connectivity index (χ0n) is 15.0. The van der Waals surface area contributed by atoms with Crippen LogP contribution in [0.2, 0.25) is 0 Å². The van der Waals surface area contributed by atoms with E-state index in [1.807, 2.05) is 31.2 Å². The maximum atomic E-state index is 12.3. The molecule has 4 nitrogen and oxygen atoms in total. The number of benzene rings is 2. The Hall–Kier alpha value is -2.14. The third-order valence-electron chi connectivity index (χ3n) is 4.57. The molecule has 5 heteroatoms. The maximum Gasteiger partial charge on any atom is 0.311 e. The molecule has 0 saturated heterocycles. The Bertz CT molecular complexity index is 847. The molecule has 2 aromatic rings. The van der Waals surface area contributed by atoms with Crippen LogP contribution in [0.3, 0.4) is 0 Å². The van der Waals surface area contributed by atoms with Gasteiger partial charge in [0.15, 0.2) is 6.10 Å². The van der Waals surface area contributed by atoms with E-state index in [4.69, 9.17) is 4.74 Å². The topological polar surface area (TPSA) is 55.4 Å². The highest BCUT2D eigenvalue weighted by Crippen LogP contribution is 2.24. The summed E-state index contributed by atoms with van der Waals surface area (Å²) in [7, 11) is 0. The first-order valence-corrected chi connectivity index (χ1v) is 9.59. The lowest BCUT2D eigenvalue weighted by Crippen LogP contribution is -2.30. The largest absolute Gasteiger partial charge is 0.452 e. The van der Waals surface area contributed by atoms with Gasteiger partial charge in [-0.1, -0.05) is 24.3 Å². The molecule has 0 spiro atoms. The van der Waals surface area contributed by atoms with Crippen molar-refractivity contribution in [2.75, 3.05) is 5.32 Å². The van der Waals surface area contributed by atoms with Crippen LogP contribution >= 0.6 is 15.9 Å². The molecule has 0 aliphatic heterocycles. The second kappa shape index (κ2) is 8.04. The molecule has 0 fully saturated rings. The van der Waals surface area contributed by atoms with Crippen molar-refractivity contribution in [3.8, 4) is 0 Å². The fourth-order valence-corrected chi connectivity index (χ4v) is 3.74. The number of amides is 1. The predicted molar refractivity (Wildman–Crippen MR) is 105 cm³/mol. The number of carbonyl (C=O) groups is 2. The number of esters is 1. The lowest BCUT2D eigenvalue weighted by Gasteiger charge is -2.15. The molecule has 1 aliphatic carbocycles. The SMILES string of the molecule is Cc1ccc(NC(=O)[C@@H](C)OC(=O)Cc2ccc3c(c2)CCC3)c(Br)c1. The van der Waals surface area contributed by atoms with Crippen molar-refractivity contribution in [3.63, 3.8) is 0 Å². The fourth-order valence-electron chi connectivity index (χ4n) is 3.15. The minimum Gasteiger partial charge on any atom is -0.452 e. The second-order valence-electron chi connectivity index (χ2n) is 6.74. The molecule has 3 rings (SSSR count). The fraction of sp³-hybridized carbons (Fsp3) is 0.333. The van der Waals surface area contributed by atoms with Gasteiger partial charge in [-0.25, -0.2) is 0 Å². The summed E-state index contributed by atoms with van der Waals surface area (Å²) in [5.74, 6) is -0.745. The number of anilines is 1. The van der Waals surface area contributed by atoms with E-state index in [0.717, 1.165) is 28.4 Å². The standard InChI is InChI=1S/C21H22BrNO3/c1-13-6-9-19(18(22)10-13)23-21(25)14(2)26-20(24)12-15-7-8-16-4-3-5-17(16)11-15/h6-11,14H,3-5,12H2,1-2H3,(H,23,25)/t14-/m1/s1. The number of nitrogens with one attached hydrogen (secondary N) is 1. The van der Waals surface area contributed by atoms with Crippen molar-refractivity contribution in [1.82, 2.24) is 0 Å². The Balaban J connectivity index is 1.55. The Morgan fingerprint density at radius 2 is 1.92 bits per heavy atom. The minimum atomic E-state index is -0.856. The second-order valence-corrected chi connectivity index (χ2v) is 7.59. The molecule has 1 aliphatic rings. The lowest BCUT2D eigenvalue weighted by molar-refractivity contribution is -0.152. The van der Waals surface area contributed by atoms with Crippen LogP contribution in [0.25, 0.3) is 0 Å². The molecule has 0 radical (unpaired) electrons. The summed E-state index contributed by atoms with van der Waals surface area (Å²) in [6.07, 6.45) is 2.69. The van der Waals surface area contributed by atoms with E-state index >= 15 is 0 Å². The average molecular weight is 416 g/mol. The van der Waals surface area contributed by atoms with E-state index in [9.17, 15) is 9.59 Å². The summed E-state index contributed by atoms with van der Waals surface area (Å²) < 4.78 is 6.10. The normalized spacial score (nSPS) is 13.8. The molecule has 0 unspecified atom stereocenters. The van der Waals surface area contributed by atoms with Gasteiger partial charge in [0.25, 0.3) is 5.91 Å². The molecule has 0 aromatic heterocycles. The van der Waals surface area contributed by atoms with Gasteiger partial charge in [-0.05, 0) is 83.4 Å². The Labute approximate surface area is 162 Å². The summed E-state index contributed by atoms with van der Waals surface area (Å²) in [5.41, 5.74) is 5.37. The maximum absolute atomic E-state index is 12.3. The van der Waals surface area contributed by atoms with Gasteiger partial charge < -0.3 is 10.1 Å². The molecular formula is C21H22BrNO3. The number of fused-ring (bicyclic) bond motifs is 1. The molecule has 136 valence electrons. The molecular weight excluding hydrogens is 394 g/mol. The number of carbonyl (C=O) groups excluding carboxylic acids is 2. The predicted octanol–water partition coefficient (Wildman–Crippen LogP) is 4.36. The smallest absolute Gasteiger partial charge is 0.311 e. The van der Waals surface area contributed by atoms with Gasteiger partial charge in [0.05, 0.1) is 12.1 Å². The molecule has 0 bridgehead atoms. The van der Waals surface area contributed by atoms with Crippen molar-refractivity contribution < 1.29 is 14.3 Å². The summed E-state index contributed by atoms with van der Waals surface area (Å²) >= 11 is 3.42. The van der Waals surface area contributed by atoms with E-state index in [2.05, 4.69) is 33.4 Å². The van der Waals surface area contributed by atoms with Gasteiger partial charge >= 0.3 is 5.97 Å². The van der Waals surface area contributed by atoms with Crippen LogP contribution in [-0.4, -0.2) is 18.0 Å². The Morgan fingerprint density at radius 1 is 1.15 bits per heavy atom. The van der Waals surface area contributed by atoms with E-state index in [1.54, 1.807) is 6.92 Å². The average Bonchev–Trinajstić information content (AvgIpc) is 3.04. The van der Waals surface area contributed by atoms with Crippen molar-refractivity contribution in [2.24, 2.45) is 0 Å². The Kier molecular flexibility index (Phi) is 5.77. The summed E-state index contributed by atoms with van der Waals surface area (Å²) in [4.78, 5) is 24.5. The van der Waals surface area contributed by atoms with E-state index in [1.165, 1.54) is 17.5 Å². The highest BCUT2D eigenvalue weighted by atomic mass is 79.9. The number of rotatable bonds is 5. The molecule has 2 aromatic carbocycles. The molecule has 1 amide bonds. The first-order valence-electron chi connectivity index (χ1n) is 8.79. The van der Waals surface area contributed by atoms with Gasteiger partial charge in [0, 0.05) is 4.47 Å². The molecule has 26 heavy (non-hydrogen) atoms. The lowest BCUT2D eigenvalue weighted by atomic mass is 10.0. The van der Waals surface area contributed by atoms with Crippen LogP contribution in [0, 0.1) is 6.92 Å². The van der Waals surface area contributed by atoms with Crippen LogP contribution in [0.15, 0.2) is 40.9 Å². The third-order valence-corrected chi connectivity index (χ3v) is 5.23. The summed E-state index contributed by atoms with van der Waals surface area (Å²) in [5, 5.41) is 2.78. The number of halogens is 1. The zero-order chi connectivity index (χ0) is 18.7. The monoisotopic (exact) mass is 415 g/mol. The highest BCUT2D eigenvalue weighted by molar-refractivity contribution is 9.10.